The van der Waals surface area contributed by atoms with E-state index in [4.69, 9.17) is 4.74 Å². The zero-order valence-electron chi connectivity index (χ0n) is 12.6. The van der Waals surface area contributed by atoms with E-state index < -0.39 is 0 Å². The SMILES string of the molecule is COCCNCc1cc(C)ccc1N1CCCC(O)C1. The highest BCUT2D eigenvalue weighted by Gasteiger charge is 2.19. The number of β-amino-alcohol motifs (C(OH)–C–C–N with tert-alkyl or cyclic N) is 1. The molecule has 1 aromatic carbocycles. The van der Waals surface area contributed by atoms with Crippen LogP contribution < -0.4 is 10.2 Å². The molecule has 1 saturated heterocycles. The van der Waals surface area contributed by atoms with Crippen LogP contribution in [0.15, 0.2) is 18.2 Å². The quantitative estimate of drug-likeness (QED) is 0.777. The van der Waals surface area contributed by atoms with Gasteiger partial charge in [-0.15, -0.1) is 0 Å². The van der Waals surface area contributed by atoms with Crippen LogP contribution in [-0.2, 0) is 11.3 Å². The highest BCUT2D eigenvalue weighted by molar-refractivity contribution is 5.55. The maximum absolute atomic E-state index is 9.86. The fourth-order valence-corrected chi connectivity index (χ4v) is 2.74. The molecule has 1 aromatic rings. The third-order valence-electron chi connectivity index (χ3n) is 3.77. The van der Waals surface area contributed by atoms with E-state index in [0.717, 1.165) is 45.6 Å². The van der Waals surface area contributed by atoms with Crippen molar-refractivity contribution < 1.29 is 9.84 Å². The standard InChI is InChI=1S/C16H26N2O2/c1-13-5-6-16(18-8-3-4-15(19)12-18)14(10-13)11-17-7-9-20-2/h5-6,10,15,17,19H,3-4,7-9,11-12H2,1-2H3. The highest BCUT2D eigenvalue weighted by Crippen LogP contribution is 2.25. The second-order valence-corrected chi connectivity index (χ2v) is 5.54. The van der Waals surface area contributed by atoms with Gasteiger partial charge < -0.3 is 20.1 Å². The van der Waals surface area contributed by atoms with Crippen molar-refractivity contribution in [2.45, 2.75) is 32.4 Å². The van der Waals surface area contributed by atoms with Crippen LogP contribution >= 0.6 is 0 Å². The lowest BCUT2D eigenvalue weighted by Gasteiger charge is -2.33. The van der Waals surface area contributed by atoms with E-state index in [-0.39, 0.29) is 6.10 Å². The molecule has 0 aromatic heterocycles. The summed E-state index contributed by atoms with van der Waals surface area (Å²) in [6.45, 7) is 6.32. The molecule has 1 atom stereocenters. The Bertz CT molecular complexity index is 423. The molecule has 0 saturated carbocycles. The lowest BCUT2D eigenvalue weighted by atomic mass is 10.0. The first kappa shape index (κ1) is 15.3. The molecular formula is C16H26N2O2. The van der Waals surface area contributed by atoms with E-state index in [1.54, 1.807) is 7.11 Å². The van der Waals surface area contributed by atoms with E-state index in [1.807, 2.05) is 0 Å². The largest absolute Gasteiger partial charge is 0.391 e. The minimum absolute atomic E-state index is 0.195. The van der Waals surface area contributed by atoms with Crippen LogP contribution in [0, 0.1) is 6.92 Å². The molecular weight excluding hydrogens is 252 g/mol. The van der Waals surface area contributed by atoms with Crippen molar-refractivity contribution in [3.8, 4) is 0 Å². The Hall–Kier alpha value is -1.10. The van der Waals surface area contributed by atoms with Gasteiger partial charge in [0, 0.05) is 39.0 Å². The first-order valence-electron chi connectivity index (χ1n) is 7.43. The number of aliphatic hydroxyl groups excluding tert-OH is 1. The second-order valence-electron chi connectivity index (χ2n) is 5.54. The summed E-state index contributed by atoms with van der Waals surface area (Å²) in [5.41, 5.74) is 3.82. The lowest BCUT2D eigenvalue weighted by molar-refractivity contribution is 0.154. The molecule has 1 aliphatic rings. The summed E-state index contributed by atoms with van der Waals surface area (Å²) < 4.78 is 5.06. The van der Waals surface area contributed by atoms with Crippen molar-refractivity contribution in [2.75, 3.05) is 38.3 Å². The van der Waals surface area contributed by atoms with Crippen molar-refractivity contribution in [3.05, 3.63) is 29.3 Å². The van der Waals surface area contributed by atoms with Crippen LogP contribution in [0.1, 0.15) is 24.0 Å². The van der Waals surface area contributed by atoms with Crippen molar-refractivity contribution in [3.63, 3.8) is 0 Å². The van der Waals surface area contributed by atoms with E-state index >= 15 is 0 Å². The predicted molar refractivity (Wildman–Crippen MR) is 82.2 cm³/mol. The molecule has 2 rings (SSSR count). The van der Waals surface area contributed by atoms with Crippen LogP contribution in [0.25, 0.3) is 0 Å². The molecule has 0 amide bonds. The highest BCUT2D eigenvalue weighted by atomic mass is 16.5. The molecule has 4 heteroatoms. The number of benzene rings is 1. The number of nitrogens with one attached hydrogen (secondary N) is 1. The number of ether oxygens (including phenoxy) is 1. The van der Waals surface area contributed by atoms with Gasteiger partial charge in [-0.2, -0.15) is 0 Å². The van der Waals surface area contributed by atoms with Crippen LogP contribution in [0.2, 0.25) is 0 Å². The number of hydrogen-bond acceptors (Lipinski definition) is 4. The lowest BCUT2D eigenvalue weighted by Crippen LogP contribution is -2.39. The summed E-state index contributed by atoms with van der Waals surface area (Å²) in [6, 6.07) is 6.56. The summed E-state index contributed by atoms with van der Waals surface area (Å²) in [5, 5.41) is 13.3. The Labute approximate surface area is 121 Å². The van der Waals surface area contributed by atoms with E-state index in [9.17, 15) is 5.11 Å². The number of rotatable bonds is 6. The predicted octanol–water partition coefficient (Wildman–Crippen LogP) is 1.69. The average Bonchev–Trinajstić information content (AvgIpc) is 2.44. The number of nitrogens with zero attached hydrogens (tertiary/aromatic N) is 1. The van der Waals surface area contributed by atoms with Crippen LogP contribution in [0.4, 0.5) is 5.69 Å². The van der Waals surface area contributed by atoms with Crippen LogP contribution in [-0.4, -0.2) is 44.6 Å². The molecule has 112 valence electrons. The van der Waals surface area contributed by atoms with Crippen molar-refractivity contribution in [1.82, 2.24) is 5.32 Å². The number of methoxy groups -OCH3 is 1. The zero-order chi connectivity index (χ0) is 14.4. The van der Waals surface area contributed by atoms with Crippen molar-refractivity contribution in [2.24, 2.45) is 0 Å². The topological polar surface area (TPSA) is 44.7 Å². The first-order valence-corrected chi connectivity index (χ1v) is 7.43. The molecule has 20 heavy (non-hydrogen) atoms. The maximum atomic E-state index is 9.86. The van der Waals surface area contributed by atoms with Crippen molar-refractivity contribution >= 4 is 5.69 Å². The average molecular weight is 278 g/mol. The van der Waals surface area contributed by atoms with Crippen molar-refractivity contribution in [1.29, 1.82) is 0 Å². The number of hydrogen-bond donors (Lipinski definition) is 2. The number of anilines is 1. The van der Waals surface area contributed by atoms with Gasteiger partial charge in [0.2, 0.25) is 0 Å². The van der Waals surface area contributed by atoms with Gasteiger partial charge in [-0.3, -0.25) is 0 Å². The molecule has 0 spiro atoms. The summed E-state index contributed by atoms with van der Waals surface area (Å²) in [5.74, 6) is 0. The van der Waals surface area contributed by atoms with Gasteiger partial charge in [0.15, 0.2) is 0 Å². The van der Waals surface area contributed by atoms with Gasteiger partial charge in [-0.05, 0) is 31.4 Å². The Morgan fingerprint density at radius 2 is 2.30 bits per heavy atom. The fourth-order valence-electron chi connectivity index (χ4n) is 2.74. The summed E-state index contributed by atoms with van der Waals surface area (Å²) in [6.07, 6.45) is 1.79. The molecule has 0 aliphatic carbocycles. The Kier molecular flexibility index (Phi) is 5.83. The minimum Gasteiger partial charge on any atom is -0.391 e. The molecule has 0 bridgehead atoms. The molecule has 2 N–H and O–H groups in total. The summed E-state index contributed by atoms with van der Waals surface area (Å²) >= 11 is 0. The van der Waals surface area contributed by atoms with Gasteiger partial charge in [0.25, 0.3) is 0 Å². The number of piperidine rings is 1. The normalized spacial score (nSPS) is 19.4. The van der Waals surface area contributed by atoms with E-state index in [2.05, 4.69) is 35.3 Å². The molecule has 1 fully saturated rings. The Balaban J connectivity index is 2.06. The van der Waals surface area contributed by atoms with Gasteiger partial charge >= 0.3 is 0 Å². The number of aryl methyl sites for hydroxylation is 1. The van der Waals surface area contributed by atoms with Crippen LogP contribution in [0.3, 0.4) is 0 Å². The Morgan fingerprint density at radius 1 is 1.45 bits per heavy atom. The van der Waals surface area contributed by atoms with Gasteiger partial charge in [0.1, 0.15) is 0 Å². The molecule has 1 heterocycles. The van der Waals surface area contributed by atoms with E-state index in [1.165, 1.54) is 16.8 Å². The van der Waals surface area contributed by atoms with Crippen LogP contribution in [0.5, 0.6) is 0 Å². The second kappa shape index (κ2) is 7.62. The fraction of sp³-hybridized carbons (Fsp3) is 0.625. The smallest absolute Gasteiger partial charge is 0.0715 e. The summed E-state index contributed by atoms with van der Waals surface area (Å²) in [4.78, 5) is 2.31. The minimum atomic E-state index is -0.195. The van der Waals surface area contributed by atoms with Gasteiger partial charge in [-0.25, -0.2) is 0 Å². The third kappa shape index (κ3) is 4.20. The maximum Gasteiger partial charge on any atom is 0.0715 e. The first-order chi connectivity index (χ1) is 9.70. The summed E-state index contributed by atoms with van der Waals surface area (Å²) in [7, 11) is 1.72. The van der Waals surface area contributed by atoms with Gasteiger partial charge in [-0.1, -0.05) is 17.7 Å². The molecule has 1 aliphatic heterocycles. The monoisotopic (exact) mass is 278 g/mol. The van der Waals surface area contributed by atoms with Gasteiger partial charge in [0.05, 0.1) is 12.7 Å². The molecule has 0 radical (unpaired) electrons. The molecule has 1 unspecified atom stereocenters. The zero-order valence-corrected chi connectivity index (χ0v) is 12.6. The third-order valence-corrected chi connectivity index (χ3v) is 3.77. The Morgan fingerprint density at radius 3 is 3.05 bits per heavy atom. The number of aliphatic hydroxyl groups is 1. The molecule has 4 nitrogen and oxygen atoms in total. The van der Waals surface area contributed by atoms with E-state index in [0.29, 0.717) is 0 Å².